The molecule has 14 nitrogen and oxygen atoms in total. The smallest absolute Gasteiger partial charge is 0.268 e. The Balaban J connectivity index is 1.53. The van der Waals surface area contributed by atoms with E-state index in [-0.39, 0.29) is 32.1 Å². The minimum absolute atomic E-state index is 0.162. The van der Waals surface area contributed by atoms with Gasteiger partial charge in [0.05, 0.1) is 22.1 Å². The van der Waals surface area contributed by atoms with Crippen molar-refractivity contribution in [1.29, 1.82) is 0 Å². The summed E-state index contributed by atoms with van der Waals surface area (Å²) in [6, 6.07) is 14.9. The molecule has 4 aromatic heterocycles. The van der Waals surface area contributed by atoms with Crippen LogP contribution in [-0.2, 0) is 28.8 Å². The van der Waals surface area contributed by atoms with Gasteiger partial charge in [0.1, 0.15) is 21.1 Å². The second kappa shape index (κ2) is 7.91. The average Bonchev–Trinajstić information content (AvgIpc) is 3.57. The maximum Gasteiger partial charge on any atom is 0.342 e. The highest BCUT2D eigenvalue weighted by molar-refractivity contribution is 7.86. The molecule has 0 spiro atoms. The molecule has 0 aliphatic carbocycles. The Bertz CT molecular complexity index is 2650. The van der Waals surface area contributed by atoms with Crippen molar-refractivity contribution in [2.24, 2.45) is 0 Å². The van der Waals surface area contributed by atoms with E-state index >= 15 is 0 Å². The zero-order valence-corrected chi connectivity index (χ0v) is 22.7. The number of benzene rings is 4. The van der Waals surface area contributed by atoms with Gasteiger partial charge in [-0.05, 0) is 60.7 Å². The molecule has 0 saturated carbocycles. The van der Waals surface area contributed by atoms with Gasteiger partial charge in [-0.15, -0.1) is 0 Å². The molecule has 8 aromatic rings. The summed E-state index contributed by atoms with van der Waals surface area (Å²) in [4.78, 5) is 36.6. The first kappa shape index (κ1) is 24.9. The van der Waals surface area contributed by atoms with Gasteiger partial charge < -0.3 is 0 Å². The van der Waals surface area contributed by atoms with Crippen molar-refractivity contribution < 1.29 is 37.2 Å². The third-order valence-corrected chi connectivity index (χ3v) is 9.93. The lowest BCUT2D eigenvalue weighted by Crippen LogP contribution is -2.51. The van der Waals surface area contributed by atoms with Gasteiger partial charge in [-0.3, -0.25) is 18.4 Å². The molecule has 16 heteroatoms. The van der Waals surface area contributed by atoms with Gasteiger partial charge in [0, 0.05) is 32.3 Å². The third kappa shape index (κ3) is 2.99. The second-order valence-electron chi connectivity index (χ2n) is 9.67. The molecule has 0 bridgehead atoms. The summed E-state index contributed by atoms with van der Waals surface area (Å²) in [6.07, 6.45) is 0. The predicted molar refractivity (Wildman–Crippen MR) is 149 cm³/mol. The van der Waals surface area contributed by atoms with E-state index in [1.54, 1.807) is 24.3 Å². The van der Waals surface area contributed by atoms with Crippen molar-refractivity contribution in [2.45, 2.75) is 9.79 Å². The maximum atomic E-state index is 13.9. The molecule has 8 rings (SSSR count). The molecule has 0 radical (unpaired) electrons. The van der Waals surface area contributed by atoms with E-state index in [1.165, 1.54) is 45.2 Å². The van der Waals surface area contributed by atoms with Crippen LogP contribution in [0, 0.1) is 0 Å². The molecular weight excluding hydrogens is 588 g/mol. The van der Waals surface area contributed by atoms with Crippen LogP contribution in [0.1, 0.15) is 0 Å². The van der Waals surface area contributed by atoms with Gasteiger partial charge >= 0.3 is 20.2 Å². The van der Waals surface area contributed by atoms with Crippen LogP contribution in [-0.4, -0.2) is 35.6 Å². The molecule has 42 heavy (non-hydrogen) atoms. The predicted octanol–water partition coefficient (Wildman–Crippen LogP) is 0.0684. The molecule has 4 aromatic carbocycles. The Morgan fingerprint density at radius 3 is 1.33 bits per heavy atom. The highest BCUT2D eigenvalue weighted by Crippen LogP contribution is 2.37. The van der Waals surface area contributed by atoms with Crippen molar-refractivity contribution in [1.82, 2.24) is 18.8 Å². The zero-order valence-electron chi connectivity index (χ0n) is 21.1. The number of hydrogen-bond acceptors (Lipinski definition) is 10. The highest BCUT2D eigenvalue weighted by Gasteiger charge is 2.25. The fourth-order valence-electron chi connectivity index (χ4n) is 5.81. The van der Waals surface area contributed by atoms with Crippen molar-refractivity contribution >= 4 is 85.9 Å². The summed E-state index contributed by atoms with van der Waals surface area (Å²) in [5.74, 6) is 5.98. The van der Waals surface area contributed by atoms with Crippen molar-refractivity contribution in [3.05, 3.63) is 81.4 Å². The third-order valence-electron chi connectivity index (χ3n) is 7.65. The SMILES string of the molecule is [NH3+]OS(=O)(=O)c1ccc2c(c1)nc1c3ccc4c5c(ccc(c(=O)n21)c35)c(=O)n1c2ccc(S(=O)(=O)O[NH3+])cc2nc41. The Morgan fingerprint density at radius 1 is 0.571 bits per heavy atom. The molecule has 6 N–H and O–H groups in total. The first-order valence-electron chi connectivity index (χ1n) is 12.2. The van der Waals surface area contributed by atoms with Crippen molar-refractivity contribution in [3.63, 3.8) is 0 Å². The molecule has 0 saturated heterocycles. The number of imidazole rings is 2. The molecule has 0 unspecified atom stereocenters. The van der Waals surface area contributed by atoms with Crippen LogP contribution >= 0.6 is 0 Å². The summed E-state index contributed by atoms with van der Waals surface area (Å²) in [6.45, 7) is 0. The lowest BCUT2D eigenvalue weighted by molar-refractivity contribution is -0.635. The van der Waals surface area contributed by atoms with Crippen molar-refractivity contribution in [2.75, 3.05) is 0 Å². The van der Waals surface area contributed by atoms with E-state index in [1.807, 2.05) is 0 Å². The standard InChI is InChI=1S/C26H16N6O8S2/c27-39-41(35,36)11-1-7-19-17(9-11)29-23-13-3-4-14-22-16(6-5-15(21(13)22)25(33)31(19)23)26(34)32-20-8-2-12(42(37,38)40-28)10-18(20)30-24(14)32/h1-10H,27-28H3/q+2. The Kier molecular flexibility index (Phi) is 4.69. The van der Waals surface area contributed by atoms with E-state index < -0.39 is 31.4 Å². The molecule has 0 fully saturated rings. The van der Waals surface area contributed by atoms with Crippen LogP contribution in [0.15, 0.2) is 80.0 Å². The average molecular weight is 605 g/mol. The fourth-order valence-corrected chi connectivity index (χ4v) is 7.06. The van der Waals surface area contributed by atoms with E-state index in [0.717, 1.165) is 0 Å². The van der Waals surface area contributed by atoms with Gasteiger partial charge in [0.25, 0.3) is 11.1 Å². The fraction of sp³-hybridized carbons (Fsp3) is 0. The summed E-state index contributed by atoms with van der Waals surface area (Å²) in [5.41, 5.74) is 1.06. The maximum absolute atomic E-state index is 13.9. The van der Waals surface area contributed by atoms with E-state index in [2.05, 4.69) is 30.3 Å². The van der Waals surface area contributed by atoms with Crippen LogP contribution in [0.3, 0.4) is 0 Å². The summed E-state index contributed by atoms with van der Waals surface area (Å²) in [5, 5.41) is 2.80. The van der Waals surface area contributed by atoms with E-state index in [0.29, 0.717) is 43.4 Å². The molecule has 208 valence electrons. The van der Waals surface area contributed by atoms with Crippen LogP contribution in [0.25, 0.3) is 65.7 Å². The Labute approximate surface area is 232 Å². The minimum Gasteiger partial charge on any atom is -0.268 e. The molecule has 0 aliphatic rings. The van der Waals surface area contributed by atoms with Crippen LogP contribution in [0.5, 0.6) is 0 Å². The molecule has 4 heterocycles. The minimum atomic E-state index is -4.10. The Hall–Kier alpha value is -4.84. The van der Waals surface area contributed by atoms with E-state index in [4.69, 9.17) is 0 Å². The van der Waals surface area contributed by atoms with E-state index in [9.17, 15) is 26.4 Å². The summed E-state index contributed by atoms with van der Waals surface area (Å²) >= 11 is 0. The normalized spacial score (nSPS) is 13.3. The first-order chi connectivity index (χ1) is 20.1. The monoisotopic (exact) mass is 604 g/mol. The van der Waals surface area contributed by atoms with Gasteiger partial charge in [-0.2, -0.15) is 28.6 Å². The zero-order chi connectivity index (χ0) is 29.3. The largest absolute Gasteiger partial charge is 0.342 e. The van der Waals surface area contributed by atoms with Gasteiger partial charge in [-0.25, -0.2) is 9.97 Å². The summed E-state index contributed by atoms with van der Waals surface area (Å²) in [7, 11) is -8.20. The number of pyridine rings is 2. The Morgan fingerprint density at radius 2 is 0.952 bits per heavy atom. The lowest BCUT2D eigenvalue weighted by atomic mass is 9.96. The number of aromatic nitrogens is 4. The topological polar surface area (TPSA) is 211 Å². The number of quaternary nitrogens is 2. The lowest BCUT2D eigenvalue weighted by Gasteiger charge is -2.12. The van der Waals surface area contributed by atoms with Gasteiger partial charge in [0.2, 0.25) is 0 Å². The first-order valence-corrected chi connectivity index (χ1v) is 15.0. The number of nitrogens with zero attached hydrogens (tertiary/aromatic N) is 4. The summed E-state index contributed by atoms with van der Waals surface area (Å²) < 4.78 is 60.4. The van der Waals surface area contributed by atoms with Crippen molar-refractivity contribution in [3.8, 4) is 0 Å². The molecular formula is C26H16N6O8S2+2. The molecule has 0 aliphatic heterocycles. The molecule has 0 amide bonds. The molecule has 0 atom stereocenters. The van der Waals surface area contributed by atoms with Gasteiger partial charge in [-0.1, -0.05) is 8.57 Å². The quantitative estimate of drug-likeness (QED) is 0.204. The highest BCUT2D eigenvalue weighted by atomic mass is 32.2. The van der Waals surface area contributed by atoms with Crippen LogP contribution < -0.4 is 22.9 Å². The number of rotatable bonds is 4. The number of fused-ring (bicyclic) bond motifs is 8. The van der Waals surface area contributed by atoms with Gasteiger partial charge in [0.15, 0.2) is 0 Å². The van der Waals surface area contributed by atoms with Crippen LogP contribution in [0.4, 0.5) is 0 Å². The van der Waals surface area contributed by atoms with Crippen LogP contribution in [0.2, 0.25) is 0 Å². The second-order valence-corrected chi connectivity index (χ2v) is 12.9. The number of hydrogen-bond donors (Lipinski definition) is 2.